The first-order valence-electron chi connectivity index (χ1n) is 9.78. The molecule has 2 fully saturated rings. The van der Waals surface area contributed by atoms with Gasteiger partial charge in [-0.3, -0.25) is 14.7 Å². The average molecular weight is 473 g/mol. The van der Waals surface area contributed by atoms with Gasteiger partial charge in [0.1, 0.15) is 5.51 Å². The zero-order chi connectivity index (χ0) is 23.4. The number of hydrogen-bond acceptors (Lipinski definition) is 8. The molecule has 2 aliphatic rings. The van der Waals surface area contributed by atoms with Gasteiger partial charge in [-0.2, -0.15) is 13.2 Å². The first-order chi connectivity index (χ1) is 15.1. The van der Waals surface area contributed by atoms with Gasteiger partial charge < -0.3 is 15.1 Å². The molecule has 4 rings (SSSR count). The second-order valence-corrected chi connectivity index (χ2v) is 8.57. The Labute approximate surface area is 185 Å². The van der Waals surface area contributed by atoms with E-state index in [9.17, 15) is 23.1 Å². The third-order valence-electron chi connectivity index (χ3n) is 5.69. The number of carboxylic acid groups (broad SMARTS) is 2. The molecule has 0 aromatic carbocycles. The summed E-state index contributed by atoms with van der Waals surface area (Å²) in [4.78, 5) is 29.8. The number of fused-ring (bicyclic) bond motifs is 1. The number of alkyl halides is 3. The first-order valence-corrected chi connectivity index (χ1v) is 10.7. The lowest BCUT2D eigenvalue weighted by molar-refractivity contribution is -0.192. The lowest BCUT2D eigenvalue weighted by atomic mass is 9.75. The lowest BCUT2D eigenvalue weighted by Crippen LogP contribution is -2.41. The summed E-state index contributed by atoms with van der Waals surface area (Å²) >= 11 is 1.47. The van der Waals surface area contributed by atoms with Crippen LogP contribution < -0.4 is 4.90 Å². The predicted molar refractivity (Wildman–Crippen MR) is 108 cm³/mol. The minimum absolute atomic E-state index is 0.0908. The van der Waals surface area contributed by atoms with Crippen molar-refractivity contribution in [2.75, 3.05) is 31.1 Å². The van der Waals surface area contributed by atoms with Gasteiger partial charge in [-0.25, -0.2) is 4.79 Å². The SMILES string of the molecule is O=C(O)C(F)(F)F.O=C(O)[C@]12CCCN(Cc3cccnc3)C[C@H]1CN(c1nncs1)C2. The Balaban J connectivity index is 0.000000360. The Hall–Kier alpha value is -2.80. The molecule has 2 aliphatic heterocycles. The van der Waals surface area contributed by atoms with E-state index in [0.717, 1.165) is 37.7 Å². The lowest BCUT2D eigenvalue weighted by Gasteiger charge is -2.29. The smallest absolute Gasteiger partial charge is 0.481 e. The molecule has 2 aromatic heterocycles. The third-order valence-corrected chi connectivity index (χ3v) is 6.44. The molecule has 13 heteroatoms. The molecule has 9 nitrogen and oxygen atoms in total. The van der Waals surface area contributed by atoms with E-state index >= 15 is 0 Å². The van der Waals surface area contributed by atoms with Gasteiger partial charge in [0.25, 0.3) is 0 Å². The Morgan fingerprint density at radius 3 is 2.59 bits per heavy atom. The average Bonchev–Trinajstić information content (AvgIpc) is 3.34. The van der Waals surface area contributed by atoms with Crippen molar-refractivity contribution in [3.8, 4) is 0 Å². The molecular formula is C19H22F3N5O4S. The van der Waals surface area contributed by atoms with Gasteiger partial charge in [0.05, 0.1) is 5.41 Å². The molecule has 4 heterocycles. The van der Waals surface area contributed by atoms with Crippen molar-refractivity contribution in [2.24, 2.45) is 11.3 Å². The third kappa shape index (κ3) is 5.51. The van der Waals surface area contributed by atoms with Crippen LogP contribution >= 0.6 is 11.3 Å². The Bertz CT molecular complexity index is 915. The molecule has 0 saturated carbocycles. The molecular weight excluding hydrogens is 451 g/mol. The van der Waals surface area contributed by atoms with E-state index < -0.39 is 23.5 Å². The summed E-state index contributed by atoms with van der Waals surface area (Å²) in [5.41, 5.74) is 2.19. The van der Waals surface area contributed by atoms with E-state index in [0.29, 0.717) is 13.0 Å². The number of nitrogens with zero attached hydrogens (tertiary/aromatic N) is 5. The summed E-state index contributed by atoms with van der Waals surface area (Å²) in [7, 11) is 0. The fraction of sp³-hybridized carbons (Fsp3) is 0.526. The standard InChI is InChI=1S/C17H21N5O2S.C2HF3O2/c23-15(24)17-4-2-6-21(8-13-3-1-5-18-7-13)9-14(17)10-22(11-17)16-20-19-12-25-16;3-2(4,5)1(6)7/h1,3,5,7,12,14H,2,4,6,8-11H2,(H,23,24);(H,6,7)/t14-,17-;/m0./s1. The second-order valence-electron chi connectivity index (χ2n) is 7.76. The number of anilines is 1. The van der Waals surface area contributed by atoms with Gasteiger partial charge in [0.2, 0.25) is 5.13 Å². The van der Waals surface area contributed by atoms with Crippen LogP contribution in [0.25, 0.3) is 0 Å². The predicted octanol–water partition coefficient (Wildman–Crippen LogP) is 2.37. The molecule has 0 aliphatic carbocycles. The maximum absolute atomic E-state index is 12.2. The highest BCUT2D eigenvalue weighted by Gasteiger charge is 2.53. The van der Waals surface area contributed by atoms with Crippen molar-refractivity contribution >= 4 is 28.4 Å². The number of carboxylic acids is 2. The summed E-state index contributed by atoms with van der Waals surface area (Å²) in [6.07, 6.45) is 0.189. The van der Waals surface area contributed by atoms with Crippen LogP contribution in [0.15, 0.2) is 30.0 Å². The number of carbonyl (C=O) groups is 2. The Kier molecular flexibility index (Phi) is 7.29. The van der Waals surface area contributed by atoms with Gasteiger partial charge in [0, 0.05) is 44.5 Å². The quantitative estimate of drug-likeness (QED) is 0.690. The zero-order valence-corrected chi connectivity index (χ0v) is 17.7. The first kappa shape index (κ1) is 23.9. The Morgan fingerprint density at radius 1 is 1.28 bits per heavy atom. The van der Waals surface area contributed by atoms with Crippen molar-refractivity contribution in [1.82, 2.24) is 20.1 Å². The van der Waals surface area contributed by atoms with Gasteiger partial charge in [-0.1, -0.05) is 17.4 Å². The van der Waals surface area contributed by atoms with Crippen LogP contribution in [0, 0.1) is 11.3 Å². The van der Waals surface area contributed by atoms with Crippen LogP contribution in [0.2, 0.25) is 0 Å². The minimum Gasteiger partial charge on any atom is -0.481 e. The summed E-state index contributed by atoms with van der Waals surface area (Å²) in [6, 6.07) is 4.02. The van der Waals surface area contributed by atoms with Crippen LogP contribution in [-0.2, 0) is 16.1 Å². The van der Waals surface area contributed by atoms with E-state index in [1.165, 1.54) is 16.9 Å². The van der Waals surface area contributed by atoms with Crippen LogP contribution in [0.1, 0.15) is 18.4 Å². The van der Waals surface area contributed by atoms with E-state index in [-0.39, 0.29) is 5.92 Å². The molecule has 2 atom stereocenters. The van der Waals surface area contributed by atoms with Crippen LogP contribution in [0.4, 0.5) is 18.3 Å². The van der Waals surface area contributed by atoms with Gasteiger partial charge in [-0.15, -0.1) is 10.2 Å². The zero-order valence-electron chi connectivity index (χ0n) is 16.9. The topological polar surface area (TPSA) is 120 Å². The Morgan fingerprint density at radius 2 is 2.03 bits per heavy atom. The fourth-order valence-corrected chi connectivity index (χ4v) is 4.78. The minimum atomic E-state index is -5.08. The molecule has 0 amide bonds. The normalized spacial score (nSPS) is 23.6. The maximum atomic E-state index is 12.2. The molecule has 0 bridgehead atoms. The van der Waals surface area contributed by atoms with Crippen LogP contribution in [0.3, 0.4) is 0 Å². The van der Waals surface area contributed by atoms with E-state index in [1.54, 1.807) is 11.7 Å². The largest absolute Gasteiger partial charge is 0.490 e. The number of pyridine rings is 1. The van der Waals surface area contributed by atoms with Gasteiger partial charge in [0.15, 0.2) is 0 Å². The second kappa shape index (κ2) is 9.77. The van der Waals surface area contributed by atoms with E-state index in [1.807, 2.05) is 12.3 Å². The number of hydrogen-bond donors (Lipinski definition) is 2. The highest BCUT2D eigenvalue weighted by atomic mass is 32.1. The summed E-state index contributed by atoms with van der Waals surface area (Å²) in [6.45, 7) is 3.79. The number of aromatic nitrogens is 3. The van der Waals surface area contributed by atoms with E-state index in [2.05, 4.69) is 31.0 Å². The molecule has 32 heavy (non-hydrogen) atoms. The van der Waals surface area contributed by atoms with Crippen LogP contribution in [-0.4, -0.2) is 74.6 Å². The summed E-state index contributed by atoms with van der Waals surface area (Å²) < 4.78 is 31.7. The van der Waals surface area contributed by atoms with Gasteiger partial charge >= 0.3 is 18.1 Å². The summed E-state index contributed by atoms with van der Waals surface area (Å²) in [5.74, 6) is -3.34. The van der Waals surface area contributed by atoms with Crippen molar-refractivity contribution in [3.63, 3.8) is 0 Å². The highest BCUT2D eigenvalue weighted by molar-refractivity contribution is 7.13. The molecule has 0 radical (unpaired) electrons. The van der Waals surface area contributed by atoms with Gasteiger partial charge in [-0.05, 0) is 31.0 Å². The van der Waals surface area contributed by atoms with Crippen molar-refractivity contribution in [3.05, 3.63) is 35.6 Å². The van der Waals surface area contributed by atoms with Crippen LogP contribution in [0.5, 0.6) is 0 Å². The fourth-order valence-electron chi connectivity index (χ4n) is 4.21. The molecule has 0 unspecified atom stereocenters. The number of halogens is 3. The molecule has 2 saturated heterocycles. The maximum Gasteiger partial charge on any atom is 0.490 e. The number of aliphatic carboxylic acids is 2. The van der Waals surface area contributed by atoms with Crippen molar-refractivity contribution in [1.29, 1.82) is 0 Å². The monoisotopic (exact) mass is 473 g/mol. The molecule has 2 N–H and O–H groups in total. The molecule has 174 valence electrons. The number of likely N-dealkylation sites (tertiary alicyclic amines) is 1. The van der Waals surface area contributed by atoms with E-state index in [4.69, 9.17) is 9.90 Å². The summed E-state index contributed by atoms with van der Waals surface area (Å²) in [5, 5.41) is 26.0. The molecule has 2 aromatic rings. The van der Waals surface area contributed by atoms with Crippen molar-refractivity contribution in [2.45, 2.75) is 25.6 Å². The molecule has 0 spiro atoms. The number of rotatable bonds is 4. The highest BCUT2D eigenvalue weighted by Crippen LogP contribution is 2.44. The van der Waals surface area contributed by atoms with Crippen molar-refractivity contribution < 1.29 is 33.0 Å².